The molecule has 0 aliphatic rings. The molecule has 0 amide bonds. The fraction of sp³-hybridized carbons (Fsp3) is 0.350. The van der Waals surface area contributed by atoms with E-state index in [2.05, 4.69) is 29.4 Å². The molecule has 0 saturated carbocycles. The Morgan fingerprint density at radius 2 is 1.84 bits per heavy atom. The summed E-state index contributed by atoms with van der Waals surface area (Å²) in [6.45, 7) is 3.39. The van der Waals surface area contributed by atoms with Crippen molar-refractivity contribution < 1.29 is 9.47 Å². The molecule has 0 aliphatic heterocycles. The molecule has 1 atom stereocenters. The van der Waals surface area contributed by atoms with Gasteiger partial charge in [-0.3, -0.25) is 4.99 Å². The maximum Gasteiger partial charge on any atom is 0.193 e. The quantitative estimate of drug-likeness (QED) is 0.566. The fourth-order valence-corrected chi connectivity index (χ4v) is 2.58. The van der Waals surface area contributed by atoms with Gasteiger partial charge in [0.25, 0.3) is 0 Å². The molecule has 0 spiro atoms. The maximum absolute atomic E-state index is 6.02. The molecule has 0 fully saturated rings. The van der Waals surface area contributed by atoms with Gasteiger partial charge in [0.2, 0.25) is 0 Å². The number of para-hydroxylation sites is 1. The molecule has 0 bridgehead atoms. The largest absolute Gasteiger partial charge is 0.497 e. The molecular weight excluding hydrogens is 314 g/mol. The van der Waals surface area contributed by atoms with Crippen LogP contribution in [0.5, 0.6) is 5.75 Å². The van der Waals surface area contributed by atoms with Crippen molar-refractivity contribution in [1.29, 1.82) is 0 Å². The molecule has 5 heteroatoms. The standard InChI is InChI=1S/C20H27N3O2/c1-15(16-8-10-18(25-3)11-9-16)12-13-22-20(21)23-19-7-5-4-6-17(19)14-24-2/h4-11,15H,12-14H2,1-3H3,(H3,21,22,23). The summed E-state index contributed by atoms with van der Waals surface area (Å²) in [5, 5.41) is 3.16. The van der Waals surface area contributed by atoms with E-state index in [-0.39, 0.29) is 0 Å². The van der Waals surface area contributed by atoms with Crippen LogP contribution < -0.4 is 15.8 Å². The van der Waals surface area contributed by atoms with Crippen LogP contribution in [0.25, 0.3) is 0 Å². The van der Waals surface area contributed by atoms with Crippen LogP contribution >= 0.6 is 0 Å². The number of nitrogens with two attached hydrogens (primary N) is 1. The number of benzene rings is 2. The van der Waals surface area contributed by atoms with Gasteiger partial charge in [-0.05, 0) is 36.1 Å². The summed E-state index contributed by atoms with van der Waals surface area (Å²) in [6, 6.07) is 16.1. The SMILES string of the molecule is COCc1ccccc1NC(N)=NCCC(C)c1ccc(OC)cc1. The average molecular weight is 341 g/mol. The second kappa shape index (κ2) is 9.69. The van der Waals surface area contributed by atoms with Gasteiger partial charge in [0.1, 0.15) is 5.75 Å². The van der Waals surface area contributed by atoms with Crippen LogP contribution in [0.4, 0.5) is 5.69 Å². The van der Waals surface area contributed by atoms with Gasteiger partial charge < -0.3 is 20.5 Å². The van der Waals surface area contributed by atoms with Gasteiger partial charge in [0.05, 0.1) is 13.7 Å². The van der Waals surface area contributed by atoms with Crippen LogP contribution in [0.1, 0.15) is 30.4 Å². The van der Waals surface area contributed by atoms with Crippen LogP contribution in [0.15, 0.2) is 53.5 Å². The van der Waals surface area contributed by atoms with Crippen molar-refractivity contribution in [2.45, 2.75) is 25.9 Å². The topological polar surface area (TPSA) is 68.9 Å². The Labute approximate surface area is 149 Å². The highest BCUT2D eigenvalue weighted by molar-refractivity contribution is 5.92. The number of methoxy groups -OCH3 is 2. The Hall–Kier alpha value is -2.53. The predicted octanol–water partition coefficient (Wildman–Crippen LogP) is 3.76. The Kier molecular flexibility index (Phi) is 7.29. The molecule has 0 saturated heterocycles. The van der Waals surface area contributed by atoms with Crippen LogP contribution in [-0.2, 0) is 11.3 Å². The Bertz CT molecular complexity index is 684. The third kappa shape index (κ3) is 5.80. The first-order valence-corrected chi connectivity index (χ1v) is 8.41. The summed E-state index contributed by atoms with van der Waals surface area (Å²) < 4.78 is 10.4. The predicted molar refractivity (Wildman–Crippen MR) is 103 cm³/mol. The maximum atomic E-state index is 6.02. The van der Waals surface area contributed by atoms with Gasteiger partial charge >= 0.3 is 0 Å². The van der Waals surface area contributed by atoms with Crippen LogP contribution in [0.2, 0.25) is 0 Å². The minimum absolute atomic E-state index is 0.406. The van der Waals surface area contributed by atoms with E-state index < -0.39 is 0 Å². The number of rotatable bonds is 8. The zero-order valence-corrected chi connectivity index (χ0v) is 15.2. The van der Waals surface area contributed by atoms with Crippen LogP contribution in [0.3, 0.4) is 0 Å². The number of ether oxygens (including phenoxy) is 2. The molecule has 25 heavy (non-hydrogen) atoms. The zero-order chi connectivity index (χ0) is 18.1. The molecule has 2 aromatic carbocycles. The normalized spacial score (nSPS) is 12.7. The Morgan fingerprint density at radius 3 is 2.52 bits per heavy atom. The second-order valence-electron chi connectivity index (χ2n) is 5.95. The molecule has 0 radical (unpaired) electrons. The van der Waals surface area contributed by atoms with Crippen molar-refractivity contribution in [3.05, 3.63) is 59.7 Å². The molecular formula is C20H27N3O2. The molecule has 2 rings (SSSR count). The number of guanidine groups is 1. The van der Waals surface area contributed by atoms with E-state index in [1.165, 1.54) is 5.56 Å². The second-order valence-corrected chi connectivity index (χ2v) is 5.95. The highest BCUT2D eigenvalue weighted by Crippen LogP contribution is 2.22. The number of hydrogen-bond acceptors (Lipinski definition) is 3. The summed E-state index contributed by atoms with van der Waals surface area (Å²) >= 11 is 0. The minimum Gasteiger partial charge on any atom is -0.497 e. The van der Waals surface area contributed by atoms with E-state index in [0.29, 0.717) is 25.0 Å². The first-order valence-electron chi connectivity index (χ1n) is 8.41. The highest BCUT2D eigenvalue weighted by atomic mass is 16.5. The average Bonchev–Trinajstić information content (AvgIpc) is 2.63. The van der Waals surface area contributed by atoms with Crippen LogP contribution in [-0.4, -0.2) is 26.7 Å². The lowest BCUT2D eigenvalue weighted by Gasteiger charge is -2.13. The molecule has 0 aliphatic carbocycles. The van der Waals surface area contributed by atoms with E-state index in [1.807, 2.05) is 36.4 Å². The van der Waals surface area contributed by atoms with Crippen LogP contribution in [0, 0.1) is 0 Å². The highest BCUT2D eigenvalue weighted by Gasteiger charge is 2.06. The molecule has 0 heterocycles. The minimum atomic E-state index is 0.406. The lowest BCUT2D eigenvalue weighted by atomic mass is 9.98. The summed E-state index contributed by atoms with van der Waals surface area (Å²) in [7, 11) is 3.35. The molecule has 134 valence electrons. The van der Waals surface area contributed by atoms with Gasteiger partial charge in [-0.1, -0.05) is 37.3 Å². The van der Waals surface area contributed by atoms with Gasteiger partial charge in [-0.2, -0.15) is 0 Å². The van der Waals surface area contributed by atoms with Gasteiger partial charge in [-0.25, -0.2) is 0 Å². The summed E-state index contributed by atoms with van der Waals surface area (Å²) in [6.07, 6.45) is 0.925. The first-order chi connectivity index (χ1) is 12.1. The third-order valence-corrected chi connectivity index (χ3v) is 4.11. The van der Waals surface area contributed by atoms with Gasteiger partial charge in [0, 0.05) is 24.9 Å². The summed E-state index contributed by atoms with van der Waals surface area (Å²) in [5.74, 6) is 1.70. The van der Waals surface area contributed by atoms with Crippen molar-refractivity contribution in [3.8, 4) is 5.75 Å². The van der Waals surface area contributed by atoms with Crippen molar-refractivity contribution in [3.63, 3.8) is 0 Å². The third-order valence-electron chi connectivity index (χ3n) is 4.11. The number of nitrogens with zero attached hydrogens (tertiary/aromatic N) is 1. The van der Waals surface area contributed by atoms with Crippen molar-refractivity contribution in [1.82, 2.24) is 0 Å². The summed E-state index contributed by atoms with van der Waals surface area (Å²) in [4.78, 5) is 4.44. The smallest absolute Gasteiger partial charge is 0.193 e. The monoisotopic (exact) mass is 341 g/mol. The van der Waals surface area contributed by atoms with Crippen molar-refractivity contribution in [2.24, 2.45) is 10.7 Å². The van der Waals surface area contributed by atoms with Gasteiger partial charge in [0.15, 0.2) is 5.96 Å². The fourth-order valence-electron chi connectivity index (χ4n) is 2.58. The van der Waals surface area contributed by atoms with E-state index in [9.17, 15) is 0 Å². The molecule has 1 unspecified atom stereocenters. The molecule has 0 aromatic heterocycles. The number of anilines is 1. The van der Waals surface area contributed by atoms with E-state index in [4.69, 9.17) is 15.2 Å². The zero-order valence-electron chi connectivity index (χ0n) is 15.2. The Morgan fingerprint density at radius 1 is 1.12 bits per heavy atom. The molecule has 5 nitrogen and oxygen atoms in total. The lowest BCUT2D eigenvalue weighted by Crippen LogP contribution is -2.23. The van der Waals surface area contributed by atoms with E-state index >= 15 is 0 Å². The summed E-state index contributed by atoms with van der Waals surface area (Å²) in [5.41, 5.74) is 9.26. The van der Waals surface area contributed by atoms with Crippen molar-refractivity contribution in [2.75, 3.05) is 26.1 Å². The van der Waals surface area contributed by atoms with E-state index in [1.54, 1.807) is 14.2 Å². The first kappa shape index (κ1) is 18.8. The lowest BCUT2D eigenvalue weighted by molar-refractivity contribution is 0.185. The van der Waals surface area contributed by atoms with E-state index in [0.717, 1.165) is 23.4 Å². The Balaban J connectivity index is 1.88. The molecule has 3 N–H and O–H groups in total. The number of aliphatic imine (C=N–C) groups is 1. The number of nitrogens with one attached hydrogen (secondary N) is 1. The number of hydrogen-bond donors (Lipinski definition) is 2. The molecule has 2 aromatic rings. The van der Waals surface area contributed by atoms with Crippen molar-refractivity contribution >= 4 is 11.6 Å². The van der Waals surface area contributed by atoms with Gasteiger partial charge in [-0.15, -0.1) is 0 Å².